The van der Waals surface area contributed by atoms with Gasteiger partial charge >= 0.3 is 6.28 Å². The minimum absolute atomic E-state index is 0.835. The molecule has 0 saturated heterocycles. The van der Waals surface area contributed by atoms with Crippen LogP contribution in [-0.4, -0.2) is 20.4 Å². The van der Waals surface area contributed by atoms with Crippen molar-refractivity contribution in [1.29, 1.82) is 0 Å². The van der Waals surface area contributed by atoms with Crippen LogP contribution in [0.1, 0.15) is 17.4 Å². The molecule has 4 aromatic rings. The van der Waals surface area contributed by atoms with Crippen molar-refractivity contribution in [2.24, 2.45) is 0 Å². The second kappa shape index (κ2) is 6.56. The van der Waals surface area contributed by atoms with Gasteiger partial charge in [0.15, 0.2) is 0 Å². The highest BCUT2D eigenvalue weighted by molar-refractivity contribution is 7.41. The maximum atomic E-state index is 2.40. The molecule has 1 aliphatic heterocycles. The molecule has 0 spiro atoms. The highest BCUT2D eigenvalue weighted by Gasteiger charge is 2.54. The second-order valence-corrected chi connectivity index (χ2v) is 10.8. The Kier molecular flexibility index (Phi) is 4.25. The largest absolute Gasteiger partial charge is 0.473 e. The average molecular weight is 419 g/mol. The van der Waals surface area contributed by atoms with Crippen molar-refractivity contribution in [3.63, 3.8) is 0 Å². The first-order chi connectivity index (χ1) is 13.6. The number of rotatable bonds is 3. The van der Waals surface area contributed by atoms with Crippen molar-refractivity contribution in [2.45, 2.75) is 6.92 Å². The summed E-state index contributed by atoms with van der Waals surface area (Å²) in [6.45, 7) is 2.32. The first-order valence-electron chi connectivity index (χ1n) is 9.51. The number of nitrogens with zero attached hydrogens (tertiary/aromatic N) is 1. The van der Waals surface area contributed by atoms with Crippen molar-refractivity contribution in [1.82, 2.24) is 4.39 Å². The molecular formula is C23H22BNS3. The number of thiophene rings is 3. The number of allylic oxidation sites excluding steroid dienone is 1. The number of quaternary nitrogens is 1. The third-order valence-corrected chi connectivity index (χ3v) is 9.40. The smallest absolute Gasteiger partial charge is 0.315 e. The fourth-order valence-electron chi connectivity index (χ4n) is 5.22. The third-order valence-electron chi connectivity index (χ3n) is 6.42. The lowest BCUT2D eigenvalue weighted by Gasteiger charge is -2.59. The lowest BCUT2D eigenvalue weighted by molar-refractivity contribution is 0.611. The molecule has 0 radical (unpaired) electrons. The number of fused-ring (bicyclic) bond motifs is 1. The van der Waals surface area contributed by atoms with Gasteiger partial charge in [-0.1, -0.05) is 57.6 Å². The van der Waals surface area contributed by atoms with Gasteiger partial charge in [-0.2, -0.15) is 22.7 Å². The van der Waals surface area contributed by atoms with E-state index >= 15 is 0 Å². The van der Waals surface area contributed by atoms with Crippen LogP contribution in [-0.2, 0) is 0 Å². The Bertz CT molecular complexity index is 1100. The van der Waals surface area contributed by atoms with Gasteiger partial charge in [-0.05, 0) is 46.1 Å². The number of benzene rings is 1. The zero-order chi connectivity index (χ0) is 19.4. The van der Waals surface area contributed by atoms with E-state index in [0.717, 1.165) is 4.39 Å². The van der Waals surface area contributed by atoms with E-state index in [0.29, 0.717) is 0 Å². The van der Waals surface area contributed by atoms with Crippen LogP contribution in [0.15, 0.2) is 76.8 Å². The van der Waals surface area contributed by atoms with Crippen molar-refractivity contribution < 1.29 is 0 Å². The normalized spacial score (nSPS) is 17.5. The number of para-hydroxylation sites is 1. The molecule has 3 aromatic heterocycles. The van der Waals surface area contributed by atoms with Gasteiger partial charge in [0, 0.05) is 19.7 Å². The number of hydrogen-bond donors (Lipinski definition) is 0. The Labute approximate surface area is 178 Å². The van der Waals surface area contributed by atoms with Gasteiger partial charge in [0.1, 0.15) is 0 Å². The predicted octanol–water partition coefficient (Wildman–Crippen LogP) is 5.68. The SMILES string of the molecule is CC1=C(c2cccs2)[B-](c2cccs2)(c2cccs2)[N+](C)(C)c2ccccc21. The molecule has 0 unspecified atom stereocenters. The molecule has 140 valence electrons. The van der Waals surface area contributed by atoms with Crippen LogP contribution in [0.4, 0.5) is 5.69 Å². The molecule has 0 saturated carbocycles. The Morgan fingerprint density at radius 3 is 1.89 bits per heavy atom. The molecule has 1 nitrogen and oxygen atoms in total. The highest BCUT2D eigenvalue weighted by atomic mass is 32.1. The fraction of sp³-hybridized carbons (Fsp3) is 0.130. The Morgan fingerprint density at radius 1 is 0.714 bits per heavy atom. The van der Waals surface area contributed by atoms with Gasteiger partial charge in [-0.3, -0.25) is 0 Å². The molecule has 4 heterocycles. The van der Waals surface area contributed by atoms with Gasteiger partial charge in [-0.25, -0.2) is 0 Å². The quantitative estimate of drug-likeness (QED) is 0.375. The van der Waals surface area contributed by atoms with Crippen LogP contribution in [0.2, 0.25) is 0 Å². The summed E-state index contributed by atoms with van der Waals surface area (Å²) in [5.74, 6) is 0. The fourth-order valence-corrected chi connectivity index (χ4v) is 8.56. The minimum Gasteiger partial charge on any atom is -0.473 e. The molecule has 5 heteroatoms. The molecule has 1 aliphatic rings. The van der Waals surface area contributed by atoms with Crippen LogP contribution < -0.4 is 13.9 Å². The molecule has 5 rings (SSSR count). The molecular weight excluding hydrogens is 397 g/mol. The van der Waals surface area contributed by atoms with Crippen LogP contribution in [0.25, 0.3) is 11.0 Å². The summed E-state index contributed by atoms with van der Waals surface area (Å²) < 4.78 is 3.76. The molecule has 1 aromatic carbocycles. The summed E-state index contributed by atoms with van der Waals surface area (Å²) >= 11 is 5.65. The van der Waals surface area contributed by atoms with E-state index in [4.69, 9.17) is 0 Å². The predicted molar refractivity (Wildman–Crippen MR) is 131 cm³/mol. The van der Waals surface area contributed by atoms with E-state index < -0.39 is 6.28 Å². The van der Waals surface area contributed by atoms with E-state index in [2.05, 4.69) is 97.8 Å². The molecule has 0 atom stereocenters. The highest BCUT2D eigenvalue weighted by Crippen LogP contribution is 2.49. The lowest BCUT2D eigenvalue weighted by atomic mass is 9.24. The summed E-state index contributed by atoms with van der Waals surface area (Å²) in [4.78, 5) is 1.39. The van der Waals surface area contributed by atoms with Crippen molar-refractivity contribution in [3.8, 4) is 0 Å². The third kappa shape index (κ3) is 2.28. The summed E-state index contributed by atoms with van der Waals surface area (Å²) in [6, 6.07) is 22.6. The summed E-state index contributed by atoms with van der Waals surface area (Å²) in [5.41, 5.74) is 5.70. The zero-order valence-corrected chi connectivity index (χ0v) is 18.7. The van der Waals surface area contributed by atoms with Gasteiger partial charge < -0.3 is 4.39 Å². The monoisotopic (exact) mass is 419 g/mol. The van der Waals surface area contributed by atoms with Crippen molar-refractivity contribution >= 4 is 66.6 Å². The van der Waals surface area contributed by atoms with Crippen LogP contribution in [0.3, 0.4) is 0 Å². The van der Waals surface area contributed by atoms with Crippen LogP contribution in [0.5, 0.6) is 0 Å². The summed E-state index contributed by atoms with van der Waals surface area (Å²) in [7, 11) is 4.80. The van der Waals surface area contributed by atoms with Gasteiger partial charge in [0.25, 0.3) is 0 Å². The van der Waals surface area contributed by atoms with Crippen LogP contribution in [0, 0.1) is 0 Å². The lowest BCUT2D eigenvalue weighted by Crippen LogP contribution is -2.79. The number of hydrogen-bond acceptors (Lipinski definition) is 3. The Balaban J connectivity index is 2.01. The molecule has 0 amide bonds. The summed E-state index contributed by atoms with van der Waals surface area (Å²) in [5, 5.41) is 6.67. The molecule has 28 heavy (non-hydrogen) atoms. The van der Waals surface area contributed by atoms with Crippen molar-refractivity contribution in [3.05, 3.63) is 87.2 Å². The first-order valence-corrected chi connectivity index (χ1v) is 12.1. The Hall–Kier alpha value is -1.92. The minimum atomic E-state index is -1.20. The maximum absolute atomic E-state index is 2.40. The second-order valence-electron chi connectivity index (χ2n) is 7.92. The molecule has 0 aliphatic carbocycles. The average Bonchev–Trinajstić information content (AvgIpc) is 3.48. The standard InChI is InChI=1S/C23H22BNS3/c1-17-18-9-4-5-10-19(18)25(2,3)24(21-12-7-15-27-21,22-13-8-16-28-22)23(17)20-11-6-14-26-20/h4-16H,1-3H3. The van der Waals surface area contributed by atoms with E-state index in [1.165, 1.54) is 36.7 Å². The van der Waals surface area contributed by atoms with Gasteiger partial charge in [-0.15, -0.1) is 16.8 Å². The van der Waals surface area contributed by atoms with E-state index in [1.807, 2.05) is 34.0 Å². The molecule has 0 fully saturated rings. The Morgan fingerprint density at radius 2 is 1.32 bits per heavy atom. The first kappa shape index (κ1) is 18.1. The molecule has 0 bridgehead atoms. The van der Waals surface area contributed by atoms with E-state index in [-0.39, 0.29) is 0 Å². The van der Waals surface area contributed by atoms with E-state index in [9.17, 15) is 0 Å². The van der Waals surface area contributed by atoms with Gasteiger partial charge in [0.2, 0.25) is 0 Å². The topological polar surface area (TPSA) is 0 Å². The summed E-state index contributed by atoms with van der Waals surface area (Å²) in [6.07, 6.45) is -1.20. The molecule has 0 N–H and O–H groups in total. The maximum Gasteiger partial charge on any atom is 0.315 e. The van der Waals surface area contributed by atoms with Gasteiger partial charge in [0.05, 0.1) is 5.69 Å². The van der Waals surface area contributed by atoms with E-state index in [1.54, 1.807) is 0 Å². The zero-order valence-electron chi connectivity index (χ0n) is 16.3. The van der Waals surface area contributed by atoms with Crippen LogP contribution >= 0.6 is 34.0 Å². The van der Waals surface area contributed by atoms with Crippen molar-refractivity contribution in [2.75, 3.05) is 14.1 Å².